The summed E-state index contributed by atoms with van der Waals surface area (Å²) in [5, 5.41) is 30.2. The van der Waals surface area contributed by atoms with Gasteiger partial charge in [-0.1, -0.05) is 36.4 Å². The van der Waals surface area contributed by atoms with E-state index in [1.807, 2.05) is 26.0 Å². The standard InChI is InChI=1S/C23H24O5/c1-13(2)17-12-21(28-23(27)15-7-5-4-6-8-15)14(3)9-18(17)22-19(25)10-16(24)11-20(22)26/h4-11,17-18,21,24-26H,1,12H2,2-3H3/t17-,18+,21-/m0/s1. The summed E-state index contributed by atoms with van der Waals surface area (Å²) in [6.07, 6.45) is 1.95. The summed E-state index contributed by atoms with van der Waals surface area (Å²) in [7, 11) is 0. The van der Waals surface area contributed by atoms with Crippen molar-refractivity contribution in [2.75, 3.05) is 0 Å². The van der Waals surface area contributed by atoms with Crippen LogP contribution in [0.1, 0.15) is 42.1 Å². The van der Waals surface area contributed by atoms with Crippen molar-refractivity contribution in [2.24, 2.45) is 5.92 Å². The first-order valence-electron chi connectivity index (χ1n) is 9.12. The Morgan fingerprint density at radius 1 is 1.11 bits per heavy atom. The van der Waals surface area contributed by atoms with Gasteiger partial charge in [0.1, 0.15) is 23.4 Å². The molecule has 0 aliphatic heterocycles. The largest absolute Gasteiger partial charge is 0.508 e. The van der Waals surface area contributed by atoms with Gasteiger partial charge < -0.3 is 20.1 Å². The molecule has 0 amide bonds. The van der Waals surface area contributed by atoms with Gasteiger partial charge in [0.05, 0.1) is 5.56 Å². The number of benzene rings is 2. The Labute approximate surface area is 164 Å². The van der Waals surface area contributed by atoms with E-state index in [2.05, 4.69) is 6.58 Å². The number of hydrogen-bond donors (Lipinski definition) is 3. The first-order valence-corrected chi connectivity index (χ1v) is 9.12. The molecular formula is C23H24O5. The molecule has 3 rings (SSSR count). The molecule has 0 fully saturated rings. The zero-order valence-corrected chi connectivity index (χ0v) is 15.9. The van der Waals surface area contributed by atoms with Gasteiger partial charge in [-0.05, 0) is 43.9 Å². The minimum Gasteiger partial charge on any atom is -0.508 e. The first kappa shape index (κ1) is 19.5. The van der Waals surface area contributed by atoms with Gasteiger partial charge in [0.2, 0.25) is 0 Å². The highest BCUT2D eigenvalue weighted by Gasteiger charge is 2.35. The maximum Gasteiger partial charge on any atom is 0.338 e. The van der Waals surface area contributed by atoms with Crippen molar-refractivity contribution in [3.63, 3.8) is 0 Å². The molecule has 3 atom stereocenters. The molecule has 0 radical (unpaired) electrons. The number of carbonyl (C=O) groups is 1. The third-order valence-corrected chi connectivity index (χ3v) is 5.20. The van der Waals surface area contributed by atoms with Crippen molar-refractivity contribution in [3.05, 3.63) is 77.4 Å². The molecule has 5 nitrogen and oxygen atoms in total. The molecule has 3 N–H and O–H groups in total. The van der Waals surface area contributed by atoms with Crippen molar-refractivity contribution in [1.29, 1.82) is 0 Å². The average molecular weight is 380 g/mol. The van der Waals surface area contributed by atoms with E-state index in [0.717, 1.165) is 11.1 Å². The fourth-order valence-corrected chi connectivity index (χ4v) is 3.72. The van der Waals surface area contributed by atoms with E-state index in [0.29, 0.717) is 17.5 Å². The molecule has 0 unspecified atom stereocenters. The van der Waals surface area contributed by atoms with Crippen molar-refractivity contribution < 1.29 is 24.9 Å². The third kappa shape index (κ3) is 3.88. The van der Waals surface area contributed by atoms with Crippen molar-refractivity contribution in [1.82, 2.24) is 0 Å². The highest BCUT2D eigenvalue weighted by molar-refractivity contribution is 5.89. The second kappa shape index (κ2) is 7.80. The molecule has 1 aliphatic rings. The van der Waals surface area contributed by atoms with Gasteiger partial charge in [0.25, 0.3) is 0 Å². The normalized spacial score (nSPS) is 21.6. The summed E-state index contributed by atoms with van der Waals surface area (Å²) < 4.78 is 5.72. The number of ether oxygens (including phenoxy) is 1. The van der Waals surface area contributed by atoms with Crippen LogP contribution in [0.15, 0.2) is 66.3 Å². The van der Waals surface area contributed by atoms with Crippen LogP contribution in [0.2, 0.25) is 0 Å². The topological polar surface area (TPSA) is 87.0 Å². The molecule has 5 heteroatoms. The Morgan fingerprint density at radius 2 is 1.71 bits per heavy atom. The van der Waals surface area contributed by atoms with Crippen LogP contribution < -0.4 is 0 Å². The molecule has 0 spiro atoms. The Kier molecular flexibility index (Phi) is 5.45. The van der Waals surface area contributed by atoms with Crippen LogP contribution in [-0.4, -0.2) is 27.4 Å². The summed E-state index contributed by atoms with van der Waals surface area (Å²) in [5.74, 6) is -1.47. The number of phenolic OH excluding ortho intramolecular Hbond substituents is 3. The summed E-state index contributed by atoms with van der Waals surface area (Å²) in [4.78, 5) is 12.5. The van der Waals surface area contributed by atoms with Gasteiger partial charge in [-0.3, -0.25) is 0 Å². The Bertz CT molecular complexity index is 906. The quantitative estimate of drug-likeness (QED) is 0.531. The van der Waals surface area contributed by atoms with Crippen LogP contribution in [0.5, 0.6) is 17.2 Å². The Morgan fingerprint density at radius 3 is 2.29 bits per heavy atom. The van der Waals surface area contributed by atoms with Crippen LogP contribution >= 0.6 is 0 Å². The van der Waals surface area contributed by atoms with E-state index in [9.17, 15) is 20.1 Å². The van der Waals surface area contributed by atoms with Crippen LogP contribution in [0.25, 0.3) is 0 Å². The van der Waals surface area contributed by atoms with Crippen LogP contribution in [0.4, 0.5) is 0 Å². The van der Waals surface area contributed by atoms with Gasteiger partial charge in [0.15, 0.2) is 0 Å². The van der Waals surface area contributed by atoms with Gasteiger partial charge in [-0.25, -0.2) is 4.79 Å². The predicted molar refractivity (Wildman–Crippen MR) is 107 cm³/mol. The van der Waals surface area contributed by atoms with Gasteiger partial charge in [-0.2, -0.15) is 0 Å². The number of carbonyl (C=O) groups excluding carboxylic acids is 1. The van der Waals surface area contributed by atoms with E-state index in [-0.39, 0.29) is 29.1 Å². The minimum atomic E-state index is -0.424. The van der Waals surface area contributed by atoms with Gasteiger partial charge in [0, 0.05) is 23.6 Å². The van der Waals surface area contributed by atoms with E-state index in [1.165, 1.54) is 12.1 Å². The lowest BCUT2D eigenvalue weighted by Crippen LogP contribution is -2.30. The number of aromatic hydroxyl groups is 3. The van der Waals surface area contributed by atoms with Crippen molar-refractivity contribution in [2.45, 2.75) is 32.3 Å². The number of rotatable bonds is 4. The maximum atomic E-state index is 12.5. The van der Waals surface area contributed by atoms with E-state index in [1.54, 1.807) is 24.3 Å². The lowest BCUT2D eigenvalue weighted by atomic mass is 9.72. The third-order valence-electron chi connectivity index (χ3n) is 5.20. The molecule has 28 heavy (non-hydrogen) atoms. The van der Waals surface area contributed by atoms with E-state index in [4.69, 9.17) is 4.74 Å². The summed E-state index contributed by atoms with van der Waals surface area (Å²) in [6.45, 7) is 7.78. The summed E-state index contributed by atoms with van der Waals surface area (Å²) >= 11 is 0. The second-order valence-corrected chi connectivity index (χ2v) is 7.28. The second-order valence-electron chi connectivity index (χ2n) is 7.28. The molecule has 2 aromatic carbocycles. The van der Waals surface area contributed by atoms with Crippen molar-refractivity contribution in [3.8, 4) is 17.2 Å². The summed E-state index contributed by atoms with van der Waals surface area (Å²) in [6, 6.07) is 11.2. The number of hydrogen-bond acceptors (Lipinski definition) is 5. The zero-order valence-electron chi connectivity index (χ0n) is 15.9. The van der Waals surface area contributed by atoms with Gasteiger partial charge in [-0.15, -0.1) is 0 Å². The smallest absolute Gasteiger partial charge is 0.338 e. The zero-order chi connectivity index (χ0) is 20.4. The molecule has 0 saturated heterocycles. The monoisotopic (exact) mass is 380 g/mol. The Balaban J connectivity index is 1.93. The Hall–Kier alpha value is -3.21. The fraction of sp³-hybridized carbons (Fsp3) is 0.261. The molecule has 0 saturated carbocycles. The first-order chi connectivity index (χ1) is 13.3. The van der Waals surface area contributed by atoms with Crippen LogP contribution in [-0.2, 0) is 4.74 Å². The lowest BCUT2D eigenvalue weighted by molar-refractivity contribution is 0.0314. The van der Waals surface area contributed by atoms with E-state index >= 15 is 0 Å². The van der Waals surface area contributed by atoms with E-state index < -0.39 is 12.1 Å². The average Bonchev–Trinajstić information content (AvgIpc) is 2.63. The van der Waals surface area contributed by atoms with Crippen LogP contribution in [0, 0.1) is 5.92 Å². The van der Waals surface area contributed by atoms with Crippen molar-refractivity contribution >= 4 is 5.97 Å². The predicted octanol–water partition coefficient (Wildman–Crippen LogP) is 4.65. The van der Waals surface area contributed by atoms with Crippen LogP contribution in [0.3, 0.4) is 0 Å². The highest BCUT2D eigenvalue weighted by atomic mass is 16.5. The lowest BCUT2D eigenvalue weighted by Gasteiger charge is -2.35. The number of allylic oxidation sites excluding steroid dienone is 2. The maximum absolute atomic E-state index is 12.5. The molecular weight excluding hydrogens is 356 g/mol. The molecule has 1 aliphatic carbocycles. The highest BCUT2D eigenvalue weighted by Crippen LogP contribution is 2.47. The molecule has 0 bridgehead atoms. The molecule has 2 aromatic rings. The number of phenols is 3. The van der Waals surface area contributed by atoms with Gasteiger partial charge >= 0.3 is 5.97 Å². The molecule has 146 valence electrons. The molecule has 0 heterocycles. The SMILES string of the molecule is C=C(C)[C@@H]1C[C@H](OC(=O)c2ccccc2)C(C)=C[C@H]1c1c(O)cc(O)cc1O. The minimum absolute atomic E-state index is 0.154. The molecule has 0 aromatic heterocycles. The fourth-order valence-electron chi connectivity index (χ4n) is 3.72. The summed E-state index contributed by atoms with van der Waals surface area (Å²) in [5.41, 5.74) is 2.50. The number of esters is 1.